The first kappa shape index (κ1) is 12.7. The van der Waals surface area contributed by atoms with Crippen LogP contribution in [0.15, 0.2) is 30.5 Å². The van der Waals surface area contributed by atoms with E-state index >= 15 is 0 Å². The summed E-state index contributed by atoms with van der Waals surface area (Å²) < 4.78 is 0. The Labute approximate surface area is 109 Å². The number of para-hydroxylation sites is 1. The van der Waals surface area contributed by atoms with E-state index in [2.05, 4.69) is 36.8 Å². The van der Waals surface area contributed by atoms with E-state index in [9.17, 15) is 0 Å². The molecule has 0 amide bonds. The van der Waals surface area contributed by atoms with Gasteiger partial charge in [0.2, 0.25) is 0 Å². The van der Waals surface area contributed by atoms with Crippen LogP contribution in [0.1, 0.15) is 26.7 Å². The molecule has 2 N–H and O–H groups in total. The molecule has 0 aliphatic heterocycles. The Bertz CT molecular complexity index is 536. The molecule has 18 heavy (non-hydrogen) atoms. The van der Waals surface area contributed by atoms with Crippen LogP contribution in [-0.2, 0) is 0 Å². The van der Waals surface area contributed by atoms with Crippen molar-refractivity contribution >= 4 is 22.3 Å². The van der Waals surface area contributed by atoms with Gasteiger partial charge in [-0.2, -0.15) is 0 Å². The Hall–Kier alpha value is -1.77. The topological polar surface area (TPSA) is 42.1 Å². The van der Waals surface area contributed by atoms with Gasteiger partial charge in [-0.15, -0.1) is 0 Å². The summed E-state index contributed by atoms with van der Waals surface area (Å²) in [7, 11) is 2.11. The van der Waals surface area contributed by atoms with Crippen LogP contribution in [-0.4, -0.2) is 18.1 Å². The van der Waals surface area contributed by atoms with E-state index in [1.807, 2.05) is 18.2 Å². The third-order valence-corrected chi connectivity index (χ3v) is 3.50. The average molecular weight is 243 g/mol. The Morgan fingerprint density at radius 1 is 1.33 bits per heavy atom. The Morgan fingerprint density at radius 2 is 2.06 bits per heavy atom. The molecule has 2 rings (SSSR count). The van der Waals surface area contributed by atoms with Crippen molar-refractivity contribution in [2.75, 3.05) is 17.7 Å². The van der Waals surface area contributed by atoms with Crippen molar-refractivity contribution in [2.45, 2.75) is 32.7 Å². The molecular weight excluding hydrogens is 222 g/mol. The molecule has 1 unspecified atom stereocenters. The highest BCUT2D eigenvalue weighted by Gasteiger charge is 2.15. The fourth-order valence-electron chi connectivity index (χ4n) is 2.37. The van der Waals surface area contributed by atoms with E-state index in [0.717, 1.165) is 28.7 Å². The van der Waals surface area contributed by atoms with Crippen LogP contribution in [0.4, 0.5) is 11.4 Å². The maximum absolute atomic E-state index is 6.12. The van der Waals surface area contributed by atoms with Gasteiger partial charge in [-0.3, -0.25) is 4.98 Å². The second-order valence-electron chi connectivity index (χ2n) is 4.83. The van der Waals surface area contributed by atoms with Gasteiger partial charge in [0, 0.05) is 18.5 Å². The summed E-state index contributed by atoms with van der Waals surface area (Å²) in [5.41, 5.74) is 8.96. The van der Waals surface area contributed by atoms with Crippen LogP contribution < -0.4 is 10.6 Å². The molecule has 96 valence electrons. The molecular formula is C15H21N3. The fraction of sp³-hybridized carbons (Fsp3) is 0.400. The number of aromatic nitrogens is 1. The first-order valence-corrected chi connectivity index (χ1v) is 6.51. The molecule has 0 bridgehead atoms. The molecule has 1 heterocycles. The molecule has 0 aliphatic carbocycles. The van der Waals surface area contributed by atoms with Gasteiger partial charge in [-0.1, -0.05) is 31.5 Å². The van der Waals surface area contributed by atoms with E-state index in [4.69, 9.17) is 5.73 Å². The van der Waals surface area contributed by atoms with Crippen molar-refractivity contribution in [3.8, 4) is 0 Å². The molecule has 0 saturated carbocycles. The summed E-state index contributed by atoms with van der Waals surface area (Å²) in [6, 6.07) is 8.62. The van der Waals surface area contributed by atoms with Gasteiger partial charge >= 0.3 is 0 Å². The molecule has 2 aromatic rings. The Kier molecular flexibility index (Phi) is 3.70. The number of hydrogen-bond donors (Lipinski definition) is 1. The van der Waals surface area contributed by atoms with Crippen LogP contribution in [0, 0.1) is 0 Å². The van der Waals surface area contributed by atoms with E-state index < -0.39 is 0 Å². The van der Waals surface area contributed by atoms with E-state index in [1.165, 1.54) is 6.42 Å². The number of nitrogens with two attached hydrogens (primary N) is 1. The molecule has 1 aromatic carbocycles. The molecule has 1 atom stereocenters. The second kappa shape index (κ2) is 5.25. The van der Waals surface area contributed by atoms with Crippen LogP contribution in [0.2, 0.25) is 0 Å². The predicted molar refractivity (Wildman–Crippen MR) is 78.9 cm³/mol. The SMILES string of the molecule is CCCC(C)N(C)c1c(N)cnc2ccccc12. The number of nitrogen functional groups attached to an aromatic ring is 1. The van der Waals surface area contributed by atoms with Gasteiger partial charge in [0.1, 0.15) is 0 Å². The number of hydrogen-bond acceptors (Lipinski definition) is 3. The van der Waals surface area contributed by atoms with Crippen molar-refractivity contribution in [1.82, 2.24) is 4.98 Å². The highest BCUT2D eigenvalue weighted by molar-refractivity contribution is 5.97. The van der Waals surface area contributed by atoms with Gasteiger partial charge < -0.3 is 10.6 Å². The lowest BCUT2D eigenvalue weighted by Gasteiger charge is -2.29. The zero-order chi connectivity index (χ0) is 13.1. The standard InChI is InChI=1S/C15H21N3/c1-4-7-11(2)18(3)15-12-8-5-6-9-14(12)17-10-13(15)16/h5-6,8-11H,4,7,16H2,1-3H3. The van der Waals surface area contributed by atoms with E-state index in [0.29, 0.717) is 6.04 Å². The smallest absolute Gasteiger partial charge is 0.0745 e. The minimum Gasteiger partial charge on any atom is -0.396 e. The van der Waals surface area contributed by atoms with Crippen LogP contribution in [0.25, 0.3) is 10.9 Å². The predicted octanol–water partition coefficient (Wildman–Crippen LogP) is 3.44. The minimum absolute atomic E-state index is 0.475. The number of anilines is 2. The summed E-state index contributed by atoms with van der Waals surface area (Å²) in [5.74, 6) is 0. The average Bonchev–Trinajstić information content (AvgIpc) is 2.38. The molecule has 0 radical (unpaired) electrons. The summed E-state index contributed by atoms with van der Waals surface area (Å²) >= 11 is 0. The molecule has 1 aromatic heterocycles. The molecule has 0 spiro atoms. The number of pyridine rings is 1. The molecule has 0 aliphatic rings. The van der Waals surface area contributed by atoms with Gasteiger partial charge in [0.05, 0.1) is 23.1 Å². The van der Waals surface area contributed by atoms with Gasteiger partial charge in [-0.05, 0) is 19.4 Å². The lowest BCUT2D eigenvalue weighted by Crippen LogP contribution is -2.29. The zero-order valence-electron chi connectivity index (χ0n) is 11.4. The van der Waals surface area contributed by atoms with Crippen molar-refractivity contribution in [1.29, 1.82) is 0 Å². The summed E-state index contributed by atoms with van der Waals surface area (Å²) in [6.07, 6.45) is 4.09. The third-order valence-electron chi connectivity index (χ3n) is 3.50. The first-order valence-electron chi connectivity index (χ1n) is 6.51. The second-order valence-corrected chi connectivity index (χ2v) is 4.83. The third kappa shape index (κ3) is 2.26. The van der Waals surface area contributed by atoms with Crippen molar-refractivity contribution in [3.05, 3.63) is 30.5 Å². The van der Waals surface area contributed by atoms with E-state index in [1.54, 1.807) is 6.20 Å². The molecule has 3 nitrogen and oxygen atoms in total. The number of rotatable bonds is 4. The molecule has 0 saturated heterocycles. The molecule has 0 fully saturated rings. The maximum Gasteiger partial charge on any atom is 0.0745 e. The number of nitrogens with zero attached hydrogens (tertiary/aromatic N) is 2. The summed E-state index contributed by atoms with van der Waals surface area (Å²) in [6.45, 7) is 4.44. The van der Waals surface area contributed by atoms with E-state index in [-0.39, 0.29) is 0 Å². The van der Waals surface area contributed by atoms with Crippen molar-refractivity contribution in [2.24, 2.45) is 0 Å². The highest BCUT2D eigenvalue weighted by Crippen LogP contribution is 2.32. The van der Waals surface area contributed by atoms with Crippen LogP contribution in [0.3, 0.4) is 0 Å². The zero-order valence-corrected chi connectivity index (χ0v) is 11.4. The molecule has 3 heteroatoms. The Morgan fingerprint density at radius 3 is 2.78 bits per heavy atom. The van der Waals surface area contributed by atoms with Crippen LogP contribution in [0.5, 0.6) is 0 Å². The first-order chi connectivity index (χ1) is 8.65. The summed E-state index contributed by atoms with van der Waals surface area (Å²) in [4.78, 5) is 6.64. The minimum atomic E-state index is 0.475. The highest BCUT2D eigenvalue weighted by atomic mass is 15.1. The lowest BCUT2D eigenvalue weighted by molar-refractivity contribution is 0.618. The Balaban J connectivity index is 2.51. The van der Waals surface area contributed by atoms with Crippen molar-refractivity contribution < 1.29 is 0 Å². The van der Waals surface area contributed by atoms with Crippen molar-refractivity contribution in [3.63, 3.8) is 0 Å². The van der Waals surface area contributed by atoms with Gasteiger partial charge in [0.15, 0.2) is 0 Å². The normalized spacial score (nSPS) is 12.6. The number of benzene rings is 1. The number of fused-ring (bicyclic) bond motifs is 1. The fourth-order valence-corrected chi connectivity index (χ4v) is 2.37. The largest absolute Gasteiger partial charge is 0.396 e. The van der Waals surface area contributed by atoms with Gasteiger partial charge in [0.25, 0.3) is 0 Å². The quantitative estimate of drug-likeness (QED) is 0.894. The maximum atomic E-state index is 6.12. The van der Waals surface area contributed by atoms with Crippen LogP contribution >= 0.6 is 0 Å². The monoisotopic (exact) mass is 243 g/mol. The summed E-state index contributed by atoms with van der Waals surface area (Å²) in [5, 5.41) is 1.13. The van der Waals surface area contributed by atoms with Gasteiger partial charge in [-0.25, -0.2) is 0 Å². The lowest BCUT2D eigenvalue weighted by atomic mass is 10.1.